The fraction of sp³-hybridized carbons (Fsp3) is 0.222. The first-order valence-electron chi connectivity index (χ1n) is 4.05. The lowest BCUT2D eigenvalue weighted by atomic mass is 10.3. The van der Waals surface area contributed by atoms with Gasteiger partial charge in [0.25, 0.3) is 11.2 Å². The number of nitrogens with zero attached hydrogens (tertiary/aromatic N) is 2. The van der Waals surface area contributed by atoms with Gasteiger partial charge in [0, 0.05) is 12.1 Å². The molecule has 0 aliphatic carbocycles. The van der Waals surface area contributed by atoms with E-state index in [0.29, 0.717) is 0 Å². The molecule has 0 aromatic carbocycles. The Balaban J connectivity index is 3.28. The summed E-state index contributed by atoms with van der Waals surface area (Å²) < 4.78 is 1.27. The Morgan fingerprint density at radius 2 is 2.29 bits per heavy atom. The van der Waals surface area contributed by atoms with E-state index < -0.39 is 4.92 Å². The van der Waals surface area contributed by atoms with Crippen molar-refractivity contribution >= 4 is 5.69 Å². The van der Waals surface area contributed by atoms with Crippen LogP contribution >= 0.6 is 0 Å². The van der Waals surface area contributed by atoms with Gasteiger partial charge in [0.1, 0.15) is 0 Å². The van der Waals surface area contributed by atoms with Crippen LogP contribution in [-0.2, 0) is 0 Å². The lowest BCUT2D eigenvalue weighted by Gasteiger charge is -2.08. The molecule has 0 aliphatic rings. The Morgan fingerprint density at radius 3 is 2.79 bits per heavy atom. The molecule has 0 fully saturated rings. The van der Waals surface area contributed by atoms with Gasteiger partial charge in [-0.05, 0) is 6.92 Å². The fourth-order valence-electron chi connectivity index (χ4n) is 1.03. The van der Waals surface area contributed by atoms with Crippen molar-refractivity contribution in [2.75, 3.05) is 0 Å². The van der Waals surface area contributed by atoms with Crippen molar-refractivity contribution in [2.45, 2.75) is 13.0 Å². The summed E-state index contributed by atoms with van der Waals surface area (Å²) in [7, 11) is 0. The van der Waals surface area contributed by atoms with Gasteiger partial charge in [0.05, 0.1) is 17.2 Å². The third-order valence-corrected chi connectivity index (χ3v) is 1.91. The van der Waals surface area contributed by atoms with Gasteiger partial charge >= 0.3 is 0 Å². The van der Waals surface area contributed by atoms with E-state index in [9.17, 15) is 14.9 Å². The zero-order valence-electron chi connectivity index (χ0n) is 7.71. The molecule has 0 N–H and O–H groups in total. The van der Waals surface area contributed by atoms with E-state index in [1.807, 2.05) is 0 Å². The smallest absolute Gasteiger partial charge is 0.285 e. The minimum Gasteiger partial charge on any atom is -0.302 e. The summed E-state index contributed by atoms with van der Waals surface area (Å²) in [5.41, 5.74) is -0.374. The summed E-state index contributed by atoms with van der Waals surface area (Å²) in [6.07, 6.45) is 2.76. The van der Waals surface area contributed by atoms with Crippen LogP contribution < -0.4 is 5.56 Å². The summed E-state index contributed by atoms with van der Waals surface area (Å²) in [4.78, 5) is 21.2. The van der Waals surface area contributed by atoms with Gasteiger partial charge < -0.3 is 4.57 Å². The van der Waals surface area contributed by atoms with Gasteiger partial charge in [-0.3, -0.25) is 14.9 Å². The summed E-state index contributed by atoms with van der Waals surface area (Å²) in [6, 6.07) is 2.12. The average molecular weight is 194 g/mol. The van der Waals surface area contributed by atoms with E-state index in [1.165, 1.54) is 22.9 Å². The first kappa shape index (κ1) is 10.2. The molecule has 1 unspecified atom stereocenters. The quantitative estimate of drug-likeness (QED) is 0.416. The van der Waals surface area contributed by atoms with Crippen LogP contribution in [0.4, 0.5) is 5.69 Å². The number of hydrogen-bond donors (Lipinski definition) is 0. The SMILES string of the molecule is C=CC(C)n1cc([N+](=O)[O-])ccc1=O. The molecule has 74 valence electrons. The van der Waals surface area contributed by atoms with E-state index >= 15 is 0 Å². The van der Waals surface area contributed by atoms with E-state index in [0.717, 1.165) is 0 Å². The zero-order valence-corrected chi connectivity index (χ0v) is 7.71. The molecule has 1 heterocycles. The van der Waals surface area contributed by atoms with Crippen LogP contribution in [0.2, 0.25) is 0 Å². The lowest BCUT2D eigenvalue weighted by Crippen LogP contribution is -2.20. The molecule has 1 aromatic heterocycles. The molecule has 0 aliphatic heterocycles. The third-order valence-electron chi connectivity index (χ3n) is 1.91. The highest BCUT2D eigenvalue weighted by atomic mass is 16.6. The highest BCUT2D eigenvalue weighted by Crippen LogP contribution is 2.10. The first-order chi connectivity index (χ1) is 6.56. The maximum Gasteiger partial charge on any atom is 0.285 e. The topological polar surface area (TPSA) is 65.1 Å². The molecular weight excluding hydrogens is 184 g/mol. The van der Waals surface area contributed by atoms with E-state index in [1.54, 1.807) is 13.0 Å². The third kappa shape index (κ3) is 1.87. The summed E-state index contributed by atoms with van der Waals surface area (Å²) in [6.45, 7) is 5.26. The van der Waals surface area contributed by atoms with Gasteiger partial charge in [0.2, 0.25) is 0 Å². The molecule has 0 bridgehead atoms. The highest BCUT2D eigenvalue weighted by molar-refractivity contribution is 5.25. The Hall–Kier alpha value is -1.91. The van der Waals surface area contributed by atoms with Gasteiger partial charge in [-0.1, -0.05) is 6.08 Å². The standard InChI is InChI=1S/C9H10N2O3/c1-3-7(2)10-6-8(11(13)14)4-5-9(10)12/h3-7H,1H2,2H3. The first-order valence-corrected chi connectivity index (χ1v) is 4.05. The van der Waals surface area contributed by atoms with Crippen molar-refractivity contribution in [1.82, 2.24) is 4.57 Å². The zero-order chi connectivity index (χ0) is 10.7. The molecule has 1 aromatic rings. The average Bonchev–Trinajstić information content (AvgIpc) is 2.17. The van der Waals surface area contributed by atoms with Crippen LogP contribution in [-0.4, -0.2) is 9.49 Å². The minimum absolute atomic E-state index is 0.0988. The van der Waals surface area contributed by atoms with Gasteiger partial charge in [-0.25, -0.2) is 0 Å². The fourth-order valence-corrected chi connectivity index (χ4v) is 1.03. The number of pyridine rings is 1. The van der Waals surface area contributed by atoms with Gasteiger partial charge in [-0.15, -0.1) is 6.58 Å². The Morgan fingerprint density at radius 1 is 1.64 bits per heavy atom. The molecule has 0 saturated heterocycles. The Kier molecular flexibility index (Phi) is 2.81. The number of aromatic nitrogens is 1. The minimum atomic E-state index is -0.536. The maximum atomic E-state index is 11.3. The maximum absolute atomic E-state index is 11.3. The second kappa shape index (κ2) is 3.87. The van der Waals surface area contributed by atoms with Crippen molar-refractivity contribution in [3.63, 3.8) is 0 Å². The van der Waals surface area contributed by atoms with E-state index in [-0.39, 0.29) is 17.3 Å². The van der Waals surface area contributed by atoms with Crippen LogP contribution in [0.3, 0.4) is 0 Å². The normalized spacial score (nSPS) is 12.1. The number of allylic oxidation sites excluding steroid dienone is 1. The predicted octanol–water partition coefficient (Wildman–Crippen LogP) is 1.50. The van der Waals surface area contributed by atoms with E-state index in [2.05, 4.69) is 6.58 Å². The van der Waals surface area contributed by atoms with Gasteiger partial charge in [-0.2, -0.15) is 0 Å². The molecule has 0 amide bonds. The molecule has 1 rings (SSSR count). The monoisotopic (exact) mass is 194 g/mol. The molecule has 1 atom stereocenters. The number of rotatable bonds is 3. The van der Waals surface area contributed by atoms with Crippen molar-refractivity contribution in [3.05, 3.63) is 51.5 Å². The number of nitro groups is 1. The van der Waals surface area contributed by atoms with Crippen LogP contribution in [0, 0.1) is 10.1 Å². The second-order valence-corrected chi connectivity index (χ2v) is 2.87. The van der Waals surface area contributed by atoms with Crippen molar-refractivity contribution in [1.29, 1.82) is 0 Å². The Labute approximate surface area is 80.4 Å². The second-order valence-electron chi connectivity index (χ2n) is 2.87. The molecule has 0 spiro atoms. The number of hydrogen-bond acceptors (Lipinski definition) is 3. The molecule has 0 radical (unpaired) electrons. The van der Waals surface area contributed by atoms with Crippen LogP contribution in [0.5, 0.6) is 0 Å². The van der Waals surface area contributed by atoms with Crippen LogP contribution in [0.25, 0.3) is 0 Å². The molecule has 0 saturated carbocycles. The molecule has 5 heteroatoms. The molecule has 14 heavy (non-hydrogen) atoms. The largest absolute Gasteiger partial charge is 0.302 e. The van der Waals surface area contributed by atoms with Crippen molar-refractivity contribution in [3.8, 4) is 0 Å². The predicted molar refractivity (Wildman–Crippen MR) is 52.3 cm³/mol. The summed E-state index contributed by atoms with van der Waals surface area (Å²) >= 11 is 0. The lowest BCUT2D eigenvalue weighted by molar-refractivity contribution is -0.385. The van der Waals surface area contributed by atoms with Crippen molar-refractivity contribution in [2.24, 2.45) is 0 Å². The van der Waals surface area contributed by atoms with Crippen molar-refractivity contribution < 1.29 is 4.92 Å². The highest BCUT2D eigenvalue weighted by Gasteiger charge is 2.09. The van der Waals surface area contributed by atoms with Gasteiger partial charge in [0.15, 0.2) is 0 Å². The summed E-state index contributed by atoms with van der Waals surface area (Å²) in [5, 5.41) is 10.4. The molecular formula is C9H10N2O3. The van der Waals surface area contributed by atoms with E-state index in [4.69, 9.17) is 0 Å². The summed E-state index contributed by atoms with van der Waals surface area (Å²) in [5.74, 6) is 0. The Bertz CT molecular complexity index is 422. The van der Waals surface area contributed by atoms with Crippen LogP contribution in [0.1, 0.15) is 13.0 Å². The van der Waals surface area contributed by atoms with Crippen LogP contribution in [0.15, 0.2) is 35.8 Å². The molecule has 5 nitrogen and oxygen atoms in total.